The largest absolute Gasteiger partial charge is 0.303 e. The molecule has 18 heavy (non-hydrogen) atoms. The van der Waals surface area contributed by atoms with Crippen LogP contribution in [0.4, 0.5) is 0 Å². The Morgan fingerprint density at radius 2 is 2.06 bits per heavy atom. The summed E-state index contributed by atoms with van der Waals surface area (Å²) in [6.45, 7) is 5.12. The molecule has 1 atom stereocenters. The first-order valence-electron chi connectivity index (χ1n) is 6.13. The molecule has 2 heterocycles. The van der Waals surface area contributed by atoms with Gasteiger partial charge in [-0.2, -0.15) is 0 Å². The normalized spacial score (nSPS) is 22.4. The lowest BCUT2D eigenvalue weighted by atomic mass is 10.1. The van der Waals surface area contributed by atoms with Gasteiger partial charge in [-0.25, -0.2) is 9.97 Å². The van der Waals surface area contributed by atoms with E-state index < -0.39 is 0 Å². The lowest BCUT2D eigenvalue weighted by Gasteiger charge is -2.36. The third-order valence-corrected chi connectivity index (χ3v) is 4.72. The molecule has 0 N–H and O–H groups in total. The van der Waals surface area contributed by atoms with E-state index in [9.17, 15) is 0 Å². The van der Waals surface area contributed by atoms with Crippen molar-refractivity contribution >= 4 is 27.5 Å². The van der Waals surface area contributed by atoms with E-state index in [2.05, 4.69) is 56.7 Å². The first-order chi connectivity index (χ1) is 8.52. The van der Waals surface area contributed by atoms with E-state index in [-0.39, 0.29) is 6.04 Å². The fourth-order valence-corrected chi connectivity index (χ4v) is 2.81. The first kappa shape index (κ1) is 14.2. The van der Waals surface area contributed by atoms with Crippen molar-refractivity contribution in [2.75, 3.05) is 33.7 Å². The molecule has 1 aliphatic heterocycles. The Kier molecular flexibility index (Phi) is 4.59. The van der Waals surface area contributed by atoms with Crippen LogP contribution in [-0.4, -0.2) is 53.5 Å². The maximum atomic E-state index is 6.17. The van der Waals surface area contributed by atoms with E-state index in [0.29, 0.717) is 5.15 Å². The van der Waals surface area contributed by atoms with Gasteiger partial charge in [0.05, 0.1) is 16.2 Å². The number of nitrogens with zero attached hydrogens (tertiary/aromatic N) is 4. The van der Waals surface area contributed by atoms with E-state index in [1.807, 2.05) is 0 Å². The van der Waals surface area contributed by atoms with Crippen LogP contribution in [0.25, 0.3) is 0 Å². The molecule has 1 fully saturated rings. The van der Waals surface area contributed by atoms with Gasteiger partial charge < -0.3 is 4.90 Å². The molecule has 1 unspecified atom stereocenters. The molecule has 1 aliphatic rings. The van der Waals surface area contributed by atoms with Crippen molar-refractivity contribution in [3.05, 3.63) is 21.1 Å². The highest BCUT2D eigenvalue weighted by molar-refractivity contribution is 9.10. The highest BCUT2D eigenvalue weighted by Gasteiger charge is 2.27. The Labute approximate surface area is 121 Å². The first-order valence-corrected chi connectivity index (χ1v) is 7.30. The van der Waals surface area contributed by atoms with Crippen molar-refractivity contribution in [3.63, 3.8) is 0 Å². The minimum atomic E-state index is 0.222. The summed E-state index contributed by atoms with van der Waals surface area (Å²) in [5.41, 5.74) is 0.978. The number of piperazine rings is 1. The lowest BCUT2D eigenvalue weighted by molar-refractivity contribution is 0.109. The Morgan fingerprint density at radius 3 is 2.72 bits per heavy atom. The van der Waals surface area contributed by atoms with Gasteiger partial charge in [-0.15, -0.1) is 0 Å². The van der Waals surface area contributed by atoms with E-state index in [1.54, 1.807) is 0 Å². The summed E-state index contributed by atoms with van der Waals surface area (Å²) in [5.74, 6) is 0.828. The van der Waals surface area contributed by atoms with Gasteiger partial charge >= 0.3 is 0 Å². The summed E-state index contributed by atoms with van der Waals surface area (Å²) in [4.78, 5) is 13.7. The van der Waals surface area contributed by atoms with Gasteiger partial charge in [-0.05, 0) is 36.4 Å². The van der Waals surface area contributed by atoms with Crippen LogP contribution in [0.5, 0.6) is 0 Å². The van der Waals surface area contributed by atoms with Crippen molar-refractivity contribution < 1.29 is 0 Å². The number of hydrogen-bond donors (Lipinski definition) is 0. The summed E-state index contributed by atoms with van der Waals surface area (Å²) < 4.78 is 0.822. The van der Waals surface area contributed by atoms with Crippen LogP contribution in [0.2, 0.25) is 5.15 Å². The zero-order valence-electron chi connectivity index (χ0n) is 11.0. The number of hydrogen-bond acceptors (Lipinski definition) is 4. The number of aromatic nitrogens is 2. The fraction of sp³-hybridized carbons (Fsp3) is 0.667. The van der Waals surface area contributed by atoms with Crippen molar-refractivity contribution in [2.24, 2.45) is 0 Å². The topological polar surface area (TPSA) is 32.3 Å². The Balaban J connectivity index is 2.35. The highest BCUT2D eigenvalue weighted by atomic mass is 79.9. The summed E-state index contributed by atoms with van der Waals surface area (Å²) in [6, 6.07) is 0.222. The van der Waals surface area contributed by atoms with Crippen LogP contribution in [0, 0.1) is 0 Å². The minimum Gasteiger partial charge on any atom is -0.303 e. The SMILES string of the molecule is CCc1nc(C2CN(C)CCN2C)nc(Cl)c1Br. The second-order valence-electron chi connectivity index (χ2n) is 4.75. The molecule has 0 radical (unpaired) electrons. The minimum absolute atomic E-state index is 0.222. The van der Waals surface area contributed by atoms with Gasteiger partial charge in [0.15, 0.2) is 0 Å². The second kappa shape index (κ2) is 5.82. The van der Waals surface area contributed by atoms with Gasteiger partial charge in [0.25, 0.3) is 0 Å². The van der Waals surface area contributed by atoms with E-state index >= 15 is 0 Å². The average molecular weight is 334 g/mol. The molecule has 1 aromatic heterocycles. The predicted octanol–water partition coefficient (Wildman–Crippen LogP) is 2.37. The molecule has 0 aliphatic carbocycles. The molecule has 2 rings (SSSR count). The number of rotatable bonds is 2. The molecule has 4 nitrogen and oxygen atoms in total. The van der Waals surface area contributed by atoms with E-state index in [1.165, 1.54) is 0 Å². The van der Waals surface area contributed by atoms with Crippen LogP contribution in [0.1, 0.15) is 24.5 Å². The zero-order valence-corrected chi connectivity index (χ0v) is 13.3. The van der Waals surface area contributed by atoms with E-state index in [4.69, 9.17) is 11.6 Å². The molecule has 0 bridgehead atoms. The summed E-state index contributed by atoms with van der Waals surface area (Å²) in [7, 11) is 4.24. The molecule has 0 aromatic carbocycles. The Hall–Kier alpha value is -0.230. The second-order valence-corrected chi connectivity index (χ2v) is 5.90. The molecule has 1 saturated heterocycles. The van der Waals surface area contributed by atoms with E-state index in [0.717, 1.165) is 42.0 Å². The lowest BCUT2D eigenvalue weighted by Crippen LogP contribution is -2.45. The Bertz CT molecular complexity index is 440. The van der Waals surface area contributed by atoms with Gasteiger partial charge in [0.2, 0.25) is 0 Å². The van der Waals surface area contributed by atoms with Crippen molar-refractivity contribution in [1.29, 1.82) is 0 Å². The maximum absolute atomic E-state index is 6.17. The molecular formula is C12H18BrClN4. The van der Waals surface area contributed by atoms with Gasteiger partial charge in [0.1, 0.15) is 11.0 Å². The molecular weight excluding hydrogens is 316 g/mol. The predicted molar refractivity (Wildman–Crippen MR) is 77.0 cm³/mol. The zero-order chi connectivity index (χ0) is 13.3. The maximum Gasteiger partial charge on any atom is 0.148 e. The summed E-state index contributed by atoms with van der Waals surface area (Å²) in [5, 5.41) is 0.512. The standard InChI is InChI=1S/C12H18BrClN4/c1-4-8-10(13)11(14)16-12(15-8)9-7-17(2)5-6-18(9)3/h9H,4-7H2,1-3H3. The molecule has 1 aromatic rings. The summed E-state index contributed by atoms with van der Waals surface area (Å²) in [6.07, 6.45) is 0.849. The smallest absolute Gasteiger partial charge is 0.148 e. The monoisotopic (exact) mass is 332 g/mol. The average Bonchev–Trinajstić information content (AvgIpc) is 2.35. The third-order valence-electron chi connectivity index (χ3n) is 3.38. The Morgan fingerprint density at radius 1 is 1.33 bits per heavy atom. The number of aryl methyl sites for hydroxylation is 1. The number of likely N-dealkylation sites (N-methyl/N-ethyl adjacent to an activating group) is 2. The molecule has 0 spiro atoms. The van der Waals surface area contributed by atoms with Gasteiger partial charge in [0, 0.05) is 19.6 Å². The van der Waals surface area contributed by atoms with Crippen LogP contribution in [0.3, 0.4) is 0 Å². The van der Waals surface area contributed by atoms with Crippen LogP contribution >= 0.6 is 27.5 Å². The quantitative estimate of drug-likeness (QED) is 0.778. The van der Waals surface area contributed by atoms with Gasteiger partial charge in [-0.3, -0.25) is 4.90 Å². The van der Waals surface area contributed by atoms with Crippen molar-refractivity contribution in [1.82, 2.24) is 19.8 Å². The van der Waals surface area contributed by atoms with Crippen molar-refractivity contribution in [2.45, 2.75) is 19.4 Å². The van der Waals surface area contributed by atoms with Crippen LogP contribution < -0.4 is 0 Å². The fourth-order valence-electron chi connectivity index (χ4n) is 2.15. The van der Waals surface area contributed by atoms with Gasteiger partial charge in [-0.1, -0.05) is 18.5 Å². The summed E-state index contributed by atoms with van der Waals surface area (Å²) >= 11 is 9.62. The number of halogens is 2. The molecule has 0 amide bonds. The third kappa shape index (κ3) is 2.85. The highest BCUT2D eigenvalue weighted by Crippen LogP contribution is 2.28. The molecule has 100 valence electrons. The van der Waals surface area contributed by atoms with Crippen molar-refractivity contribution in [3.8, 4) is 0 Å². The van der Waals surface area contributed by atoms with Crippen LogP contribution in [0.15, 0.2) is 4.47 Å². The molecule has 6 heteroatoms. The van der Waals surface area contributed by atoms with Crippen LogP contribution in [-0.2, 0) is 6.42 Å². The molecule has 0 saturated carbocycles.